The Balaban J connectivity index is 2.13. The molecular weight excluding hydrogens is 224 g/mol. The predicted octanol–water partition coefficient (Wildman–Crippen LogP) is 3.13. The summed E-state index contributed by atoms with van der Waals surface area (Å²) in [5.41, 5.74) is 7.00. The number of hydrogen-bond acceptors (Lipinski definition) is 2. The molecule has 2 nitrogen and oxygen atoms in total. The normalized spacial score (nSPS) is 10.2. The van der Waals surface area contributed by atoms with Crippen LogP contribution in [0.4, 0.5) is 14.5 Å². The Morgan fingerprint density at radius 2 is 1.76 bits per heavy atom. The molecule has 2 aromatic carbocycles. The lowest BCUT2D eigenvalue weighted by molar-refractivity contribution is 0.285. The Morgan fingerprint density at radius 3 is 2.53 bits per heavy atom. The standard InChI is InChI=1S/C13H11F2NO/c14-10-5-3-7-12(13(10)15)17-8-9-4-1-2-6-11(9)16/h1-7H,8,16H2. The maximum atomic E-state index is 13.3. The van der Waals surface area contributed by atoms with Gasteiger partial charge in [0.2, 0.25) is 5.82 Å². The second-order valence-electron chi connectivity index (χ2n) is 3.54. The summed E-state index contributed by atoms with van der Waals surface area (Å²) in [7, 11) is 0. The van der Waals surface area contributed by atoms with Crippen LogP contribution in [-0.4, -0.2) is 0 Å². The molecule has 0 aliphatic rings. The largest absolute Gasteiger partial charge is 0.486 e. The van der Waals surface area contributed by atoms with Gasteiger partial charge in [0.15, 0.2) is 11.6 Å². The van der Waals surface area contributed by atoms with Crippen LogP contribution in [0, 0.1) is 11.6 Å². The molecule has 0 aliphatic carbocycles. The zero-order valence-corrected chi connectivity index (χ0v) is 8.99. The van der Waals surface area contributed by atoms with Gasteiger partial charge < -0.3 is 10.5 Å². The van der Waals surface area contributed by atoms with Crippen LogP contribution in [0.15, 0.2) is 42.5 Å². The number of halogens is 2. The van der Waals surface area contributed by atoms with Gasteiger partial charge in [-0.05, 0) is 18.2 Å². The highest BCUT2D eigenvalue weighted by Crippen LogP contribution is 2.21. The molecule has 88 valence electrons. The summed E-state index contributed by atoms with van der Waals surface area (Å²) in [5.74, 6) is -2.03. The highest BCUT2D eigenvalue weighted by Gasteiger charge is 2.09. The van der Waals surface area contributed by atoms with E-state index >= 15 is 0 Å². The molecule has 0 unspecified atom stereocenters. The van der Waals surface area contributed by atoms with Crippen LogP contribution in [0.25, 0.3) is 0 Å². The molecule has 0 bridgehead atoms. The quantitative estimate of drug-likeness (QED) is 0.829. The zero-order valence-electron chi connectivity index (χ0n) is 8.99. The van der Waals surface area contributed by atoms with Gasteiger partial charge in [0.1, 0.15) is 6.61 Å². The van der Waals surface area contributed by atoms with Crippen molar-refractivity contribution in [1.29, 1.82) is 0 Å². The molecular formula is C13H11F2NO. The lowest BCUT2D eigenvalue weighted by Gasteiger charge is -2.09. The molecule has 0 radical (unpaired) electrons. The fourth-order valence-corrected chi connectivity index (χ4v) is 1.42. The molecule has 0 saturated carbocycles. The summed E-state index contributed by atoms with van der Waals surface area (Å²) in [6.45, 7) is 0.104. The Labute approximate surface area is 97.6 Å². The molecule has 0 aliphatic heterocycles. The SMILES string of the molecule is Nc1ccccc1COc1cccc(F)c1F. The van der Waals surface area contributed by atoms with Gasteiger partial charge >= 0.3 is 0 Å². The Kier molecular flexibility index (Phi) is 3.23. The van der Waals surface area contributed by atoms with Gasteiger partial charge in [0, 0.05) is 11.3 Å². The van der Waals surface area contributed by atoms with Crippen molar-refractivity contribution in [3.05, 3.63) is 59.7 Å². The Morgan fingerprint density at radius 1 is 1.00 bits per heavy atom. The van der Waals surface area contributed by atoms with Crippen molar-refractivity contribution in [3.8, 4) is 5.75 Å². The average Bonchev–Trinajstić information content (AvgIpc) is 2.33. The van der Waals surface area contributed by atoms with E-state index in [2.05, 4.69) is 0 Å². The lowest BCUT2D eigenvalue weighted by atomic mass is 10.2. The number of rotatable bonds is 3. The summed E-state index contributed by atoms with van der Waals surface area (Å²) < 4.78 is 31.4. The van der Waals surface area contributed by atoms with E-state index in [1.165, 1.54) is 12.1 Å². The fraction of sp³-hybridized carbons (Fsp3) is 0.0769. The van der Waals surface area contributed by atoms with E-state index in [1.54, 1.807) is 24.3 Å². The summed E-state index contributed by atoms with van der Waals surface area (Å²) >= 11 is 0. The maximum absolute atomic E-state index is 13.3. The van der Waals surface area contributed by atoms with Crippen LogP contribution in [0.3, 0.4) is 0 Å². The number of anilines is 1. The third-order valence-electron chi connectivity index (χ3n) is 2.35. The van der Waals surface area contributed by atoms with Crippen molar-refractivity contribution in [2.24, 2.45) is 0 Å². The Bertz CT molecular complexity index is 529. The van der Waals surface area contributed by atoms with E-state index < -0.39 is 11.6 Å². The summed E-state index contributed by atoms with van der Waals surface area (Å²) in [6.07, 6.45) is 0. The molecule has 4 heteroatoms. The first-order chi connectivity index (χ1) is 8.18. The molecule has 2 rings (SSSR count). The third-order valence-corrected chi connectivity index (χ3v) is 2.35. The minimum atomic E-state index is -0.984. The van der Waals surface area contributed by atoms with Gasteiger partial charge in [0.05, 0.1) is 0 Å². The van der Waals surface area contributed by atoms with Crippen molar-refractivity contribution in [2.75, 3.05) is 5.73 Å². The fourth-order valence-electron chi connectivity index (χ4n) is 1.42. The Hall–Kier alpha value is -2.10. The van der Waals surface area contributed by atoms with Gasteiger partial charge in [-0.2, -0.15) is 4.39 Å². The third kappa shape index (κ3) is 2.53. The maximum Gasteiger partial charge on any atom is 0.200 e. The highest BCUT2D eigenvalue weighted by atomic mass is 19.2. The molecule has 2 N–H and O–H groups in total. The number of ether oxygens (including phenoxy) is 1. The summed E-state index contributed by atoms with van der Waals surface area (Å²) in [4.78, 5) is 0. The summed E-state index contributed by atoms with van der Waals surface area (Å²) in [5, 5.41) is 0. The number of para-hydroxylation sites is 1. The van der Waals surface area contributed by atoms with Crippen LogP contribution < -0.4 is 10.5 Å². The topological polar surface area (TPSA) is 35.2 Å². The molecule has 0 spiro atoms. The molecule has 0 aromatic heterocycles. The predicted molar refractivity (Wildman–Crippen MR) is 61.5 cm³/mol. The van der Waals surface area contributed by atoms with Crippen LogP contribution in [0.1, 0.15) is 5.56 Å². The van der Waals surface area contributed by atoms with Crippen molar-refractivity contribution in [3.63, 3.8) is 0 Å². The van der Waals surface area contributed by atoms with Crippen molar-refractivity contribution in [1.82, 2.24) is 0 Å². The minimum Gasteiger partial charge on any atom is -0.486 e. The molecule has 0 fully saturated rings. The number of hydrogen-bond donors (Lipinski definition) is 1. The van der Waals surface area contributed by atoms with E-state index in [1.807, 2.05) is 0 Å². The number of nitrogen functional groups attached to an aromatic ring is 1. The second-order valence-corrected chi connectivity index (χ2v) is 3.54. The first-order valence-corrected chi connectivity index (χ1v) is 5.08. The first-order valence-electron chi connectivity index (χ1n) is 5.08. The number of nitrogens with two attached hydrogens (primary N) is 1. The average molecular weight is 235 g/mol. The van der Waals surface area contributed by atoms with Gasteiger partial charge in [-0.3, -0.25) is 0 Å². The van der Waals surface area contributed by atoms with E-state index in [4.69, 9.17) is 10.5 Å². The lowest BCUT2D eigenvalue weighted by Crippen LogP contribution is -2.01. The molecule has 0 saturated heterocycles. The van der Waals surface area contributed by atoms with E-state index in [9.17, 15) is 8.78 Å². The van der Waals surface area contributed by atoms with Gasteiger partial charge in [0.25, 0.3) is 0 Å². The van der Waals surface area contributed by atoms with Crippen LogP contribution >= 0.6 is 0 Å². The molecule has 17 heavy (non-hydrogen) atoms. The number of benzene rings is 2. The van der Waals surface area contributed by atoms with E-state index in [0.717, 1.165) is 11.6 Å². The van der Waals surface area contributed by atoms with E-state index in [-0.39, 0.29) is 12.4 Å². The van der Waals surface area contributed by atoms with Gasteiger partial charge in [-0.15, -0.1) is 0 Å². The van der Waals surface area contributed by atoms with Crippen LogP contribution in [0.2, 0.25) is 0 Å². The van der Waals surface area contributed by atoms with Crippen molar-refractivity contribution in [2.45, 2.75) is 6.61 Å². The summed E-state index contributed by atoms with van der Waals surface area (Å²) in [6, 6.07) is 10.9. The molecule has 2 aromatic rings. The molecule has 0 heterocycles. The smallest absolute Gasteiger partial charge is 0.200 e. The highest BCUT2D eigenvalue weighted by molar-refractivity contribution is 5.46. The van der Waals surface area contributed by atoms with Crippen LogP contribution in [-0.2, 0) is 6.61 Å². The zero-order chi connectivity index (χ0) is 12.3. The van der Waals surface area contributed by atoms with Gasteiger partial charge in [-0.25, -0.2) is 4.39 Å². The minimum absolute atomic E-state index is 0.104. The monoisotopic (exact) mass is 235 g/mol. The first kappa shape index (κ1) is 11.4. The van der Waals surface area contributed by atoms with Crippen molar-refractivity contribution < 1.29 is 13.5 Å². The van der Waals surface area contributed by atoms with E-state index in [0.29, 0.717) is 5.69 Å². The van der Waals surface area contributed by atoms with Gasteiger partial charge in [-0.1, -0.05) is 24.3 Å². The van der Waals surface area contributed by atoms with Crippen LogP contribution in [0.5, 0.6) is 5.75 Å². The van der Waals surface area contributed by atoms with Crippen molar-refractivity contribution >= 4 is 5.69 Å². The molecule has 0 amide bonds. The second kappa shape index (κ2) is 4.82. The molecule has 0 atom stereocenters.